The Kier molecular flexibility index (Phi) is 5.74. The highest BCUT2D eigenvalue weighted by molar-refractivity contribution is 7.96. The van der Waals surface area contributed by atoms with Crippen molar-refractivity contribution in [2.75, 3.05) is 0 Å². The fourth-order valence-electron chi connectivity index (χ4n) is 4.15. The van der Waals surface area contributed by atoms with Crippen LogP contribution in [-0.4, -0.2) is 6.18 Å². The van der Waals surface area contributed by atoms with Crippen LogP contribution >= 0.6 is 7.26 Å². The Labute approximate surface area is 175 Å². The number of hydrogen-bond acceptors (Lipinski definition) is 0. The first kappa shape index (κ1) is 20.4. The average Bonchev–Trinajstić information content (AvgIpc) is 2.79. The zero-order valence-corrected chi connectivity index (χ0v) is 17.1. The third-order valence-corrected chi connectivity index (χ3v) is 10.0. The maximum atomic E-state index is 15.0. The van der Waals surface area contributed by atoms with Gasteiger partial charge in [0.25, 0.3) is 0 Å². The van der Waals surface area contributed by atoms with Crippen molar-refractivity contribution in [1.82, 2.24) is 0 Å². The first-order valence-corrected chi connectivity index (χ1v) is 11.6. The lowest BCUT2D eigenvalue weighted by atomic mass is 10.1. The van der Waals surface area contributed by atoms with E-state index in [1.54, 1.807) is 30.3 Å². The molecule has 0 aliphatic rings. The van der Waals surface area contributed by atoms with Gasteiger partial charge in [0.15, 0.2) is 0 Å². The van der Waals surface area contributed by atoms with E-state index in [1.165, 1.54) is 0 Å². The maximum Gasteiger partial charge on any atom is 0.430 e. The van der Waals surface area contributed by atoms with Gasteiger partial charge in [0, 0.05) is 5.56 Å². The Hall–Kier alpha value is -2.90. The van der Waals surface area contributed by atoms with Crippen LogP contribution < -0.4 is 15.9 Å². The first-order chi connectivity index (χ1) is 14.5. The summed E-state index contributed by atoms with van der Waals surface area (Å²) in [5.74, 6) is 0. The Balaban J connectivity index is 2.17. The quantitative estimate of drug-likeness (QED) is 0.333. The molecule has 4 heteroatoms. The van der Waals surface area contributed by atoms with Crippen molar-refractivity contribution in [2.45, 2.75) is 11.8 Å². The van der Waals surface area contributed by atoms with Crippen LogP contribution in [0.3, 0.4) is 0 Å². The summed E-state index contributed by atoms with van der Waals surface area (Å²) in [5.41, 5.74) is -1.37. The smallest absolute Gasteiger partial charge is 0.166 e. The van der Waals surface area contributed by atoms with Crippen molar-refractivity contribution in [3.05, 3.63) is 127 Å². The highest BCUT2D eigenvalue weighted by Gasteiger charge is 2.64. The minimum Gasteiger partial charge on any atom is -0.166 e. The molecule has 0 amide bonds. The molecule has 0 fully saturated rings. The van der Waals surface area contributed by atoms with Gasteiger partial charge in [-0.2, -0.15) is 13.2 Å². The predicted molar refractivity (Wildman–Crippen MR) is 120 cm³/mol. The second kappa shape index (κ2) is 8.45. The summed E-state index contributed by atoms with van der Waals surface area (Å²) in [6.45, 7) is 0. The van der Waals surface area contributed by atoms with Crippen LogP contribution in [0.4, 0.5) is 13.2 Å². The molecule has 0 aliphatic carbocycles. The van der Waals surface area contributed by atoms with Crippen LogP contribution in [0, 0.1) is 0 Å². The zero-order chi connectivity index (χ0) is 21.0. The Bertz CT molecular complexity index is 966. The number of halogens is 3. The van der Waals surface area contributed by atoms with E-state index in [0.717, 1.165) is 0 Å². The molecular formula is C26H21F3P+. The molecule has 0 saturated heterocycles. The molecule has 0 aromatic heterocycles. The van der Waals surface area contributed by atoms with Gasteiger partial charge in [-0.15, -0.1) is 0 Å². The Morgan fingerprint density at radius 2 is 0.767 bits per heavy atom. The lowest BCUT2D eigenvalue weighted by Gasteiger charge is -2.36. The topological polar surface area (TPSA) is 0 Å². The van der Waals surface area contributed by atoms with Gasteiger partial charge in [0.1, 0.15) is 23.2 Å². The molecule has 4 aromatic rings. The summed E-state index contributed by atoms with van der Waals surface area (Å²) >= 11 is 0. The normalized spacial score (nSPS) is 13.0. The summed E-state index contributed by atoms with van der Waals surface area (Å²) in [7, 11) is -3.13. The van der Waals surface area contributed by atoms with Gasteiger partial charge in [0.2, 0.25) is 5.66 Å². The minimum absolute atomic E-state index is 0.287. The highest BCUT2D eigenvalue weighted by atomic mass is 31.2. The Morgan fingerprint density at radius 1 is 0.467 bits per heavy atom. The monoisotopic (exact) mass is 421 g/mol. The molecule has 150 valence electrons. The van der Waals surface area contributed by atoms with Crippen LogP contribution in [0.2, 0.25) is 0 Å². The molecule has 0 spiro atoms. The van der Waals surface area contributed by atoms with Crippen LogP contribution in [0.1, 0.15) is 11.2 Å². The molecule has 4 rings (SSSR count). The van der Waals surface area contributed by atoms with Gasteiger partial charge < -0.3 is 0 Å². The van der Waals surface area contributed by atoms with Gasteiger partial charge in [0.05, 0.1) is 0 Å². The van der Waals surface area contributed by atoms with Crippen molar-refractivity contribution in [2.24, 2.45) is 0 Å². The molecule has 30 heavy (non-hydrogen) atoms. The third-order valence-electron chi connectivity index (χ3n) is 5.30. The summed E-state index contributed by atoms with van der Waals surface area (Å²) < 4.78 is 45.0. The van der Waals surface area contributed by atoms with Crippen LogP contribution in [-0.2, 0) is 0 Å². The van der Waals surface area contributed by atoms with Crippen molar-refractivity contribution in [3.63, 3.8) is 0 Å². The third kappa shape index (κ3) is 3.66. The number of benzene rings is 4. The average molecular weight is 421 g/mol. The molecule has 0 radical (unpaired) electrons. The second-order valence-electron chi connectivity index (χ2n) is 7.08. The molecule has 1 atom stereocenters. The van der Waals surface area contributed by atoms with Crippen molar-refractivity contribution >= 4 is 23.2 Å². The SMILES string of the molecule is FC(F)(F)C(c1ccccc1)[P+](c1ccccc1)(c1ccccc1)c1ccccc1. The fourth-order valence-corrected chi connectivity index (χ4v) is 8.93. The molecular weight excluding hydrogens is 400 g/mol. The summed E-state index contributed by atoms with van der Waals surface area (Å²) in [6.07, 6.45) is -4.43. The first-order valence-electron chi connectivity index (χ1n) is 9.72. The molecule has 0 aliphatic heterocycles. The molecule has 0 nitrogen and oxygen atoms in total. The van der Waals surface area contributed by atoms with Gasteiger partial charge >= 0.3 is 6.18 Å². The largest absolute Gasteiger partial charge is 0.430 e. The van der Waals surface area contributed by atoms with Crippen molar-refractivity contribution < 1.29 is 13.2 Å². The van der Waals surface area contributed by atoms with Crippen LogP contribution in [0.15, 0.2) is 121 Å². The van der Waals surface area contributed by atoms with Crippen molar-refractivity contribution in [1.29, 1.82) is 0 Å². The molecule has 0 N–H and O–H groups in total. The predicted octanol–water partition coefficient (Wildman–Crippen LogP) is 6.28. The van der Waals surface area contributed by atoms with E-state index in [1.807, 2.05) is 91.0 Å². The molecule has 0 heterocycles. The molecule has 1 unspecified atom stereocenters. The van der Waals surface area contributed by atoms with E-state index < -0.39 is 19.1 Å². The molecule has 0 bridgehead atoms. The summed E-state index contributed by atoms with van der Waals surface area (Å²) in [4.78, 5) is 0. The van der Waals surface area contributed by atoms with Gasteiger partial charge in [-0.25, -0.2) is 0 Å². The van der Waals surface area contributed by atoms with E-state index in [9.17, 15) is 13.2 Å². The van der Waals surface area contributed by atoms with E-state index in [0.29, 0.717) is 15.9 Å². The Morgan fingerprint density at radius 3 is 1.07 bits per heavy atom. The van der Waals surface area contributed by atoms with Crippen LogP contribution in [0.5, 0.6) is 0 Å². The maximum absolute atomic E-state index is 15.0. The minimum atomic E-state index is -4.43. The second-order valence-corrected chi connectivity index (χ2v) is 10.6. The standard InChI is InChI=1S/C26H21F3P/c27-26(28,29)25(21-13-5-1-6-14-21)30(22-15-7-2-8-16-22,23-17-9-3-10-18-23)24-19-11-4-12-20-24/h1-20,25H/q+1. The summed E-state index contributed by atoms with van der Waals surface area (Å²) in [5, 5.41) is 2.15. The van der Waals surface area contributed by atoms with E-state index in [-0.39, 0.29) is 5.56 Å². The van der Waals surface area contributed by atoms with Crippen LogP contribution in [0.25, 0.3) is 0 Å². The zero-order valence-electron chi connectivity index (χ0n) is 16.2. The molecule has 0 saturated carbocycles. The van der Waals surface area contributed by atoms with Gasteiger partial charge in [-0.05, 0) is 36.4 Å². The number of alkyl halides is 3. The van der Waals surface area contributed by atoms with E-state index in [4.69, 9.17) is 0 Å². The number of rotatable bonds is 5. The number of hydrogen-bond donors (Lipinski definition) is 0. The summed E-state index contributed by atoms with van der Waals surface area (Å²) in [6, 6.07) is 35.9. The fraction of sp³-hybridized carbons (Fsp3) is 0.0769. The van der Waals surface area contributed by atoms with E-state index >= 15 is 0 Å². The van der Waals surface area contributed by atoms with Crippen molar-refractivity contribution in [3.8, 4) is 0 Å². The lowest BCUT2D eigenvalue weighted by molar-refractivity contribution is -0.131. The molecule has 4 aromatic carbocycles. The van der Waals surface area contributed by atoms with Gasteiger partial charge in [-0.1, -0.05) is 84.9 Å². The van der Waals surface area contributed by atoms with Gasteiger partial charge in [-0.3, -0.25) is 0 Å². The van der Waals surface area contributed by atoms with E-state index in [2.05, 4.69) is 0 Å². The highest BCUT2D eigenvalue weighted by Crippen LogP contribution is 2.71. The lowest BCUT2D eigenvalue weighted by Crippen LogP contribution is -2.40.